The van der Waals surface area contributed by atoms with Gasteiger partial charge in [-0.2, -0.15) is 0 Å². The van der Waals surface area contributed by atoms with E-state index in [1.807, 2.05) is 10.8 Å². The maximum atomic E-state index is 12.1. The molecule has 5 nitrogen and oxygen atoms in total. The van der Waals surface area contributed by atoms with E-state index in [0.29, 0.717) is 17.7 Å². The number of carbonyl (C=O) groups excluding carboxylic acids is 1. The van der Waals surface area contributed by atoms with E-state index in [-0.39, 0.29) is 17.6 Å². The van der Waals surface area contributed by atoms with Gasteiger partial charge in [0.05, 0.1) is 17.6 Å². The highest BCUT2D eigenvalue weighted by Gasteiger charge is 2.34. The van der Waals surface area contributed by atoms with Crippen molar-refractivity contribution in [3.63, 3.8) is 0 Å². The predicted octanol–water partition coefficient (Wildman–Crippen LogP) is 2.32. The van der Waals surface area contributed by atoms with Crippen LogP contribution in [0, 0.1) is 6.92 Å². The number of aromatic nitrogens is 1. The Morgan fingerprint density at radius 2 is 2.16 bits per heavy atom. The SMILES string of the molecule is Cc1cn2c(c1C(=O)O)C(C(=O)OC(C)C)CCC2. The molecule has 1 aromatic heterocycles. The summed E-state index contributed by atoms with van der Waals surface area (Å²) >= 11 is 0. The third-order valence-electron chi connectivity index (χ3n) is 3.38. The predicted molar refractivity (Wildman–Crippen MR) is 69.3 cm³/mol. The number of hydrogen-bond donors (Lipinski definition) is 1. The lowest BCUT2D eigenvalue weighted by atomic mass is 9.92. The lowest BCUT2D eigenvalue weighted by Gasteiger charge is -2.25. The first-order valence-corrected chi connectivity index (χ1v) is 6.55. The van der Waals surface area contributed by atoms with E-state index in [4.69, 9.17) is 4.74 Å². The van der Waals surface area contributed by atoms with Gasteiger partial charge in [0, 0.05) is 18.4 Å². The van der Waals surface area contributed by atoms with Crippen molar-refractivity contribution in [3.05, 3.63) is 23.0 Å². The van der Waals surface area contributed by atoms with Crippen LogP contribution in [0.5, 0.6) is 0 Å². The number of nitrogens with zero attached hydrogens (tertiary/aromatic N) is 1. The van der Waals surface area contributed by atoms with Crippen LogP contribution in [0.3, 0.4) is 0 Å². The Bertz CT molecular complexity index is 516. The first-order chi connectivity index (χ1) is 8.91. The van der Waals surface area contributed by atoms with E-state index in [1.165, 1.54) is 0 Å². The third-order valence-corrected chi connectivity index (χ3v) is 3.38. The number of aromatic carboxylic acids is 1. The molecule has 1 aliphatic heterocycles. The lowest BCUT2D eigenvalue weighted by molar-refractivity contribution is -0.149. The molecule has 1 aliphatic rings. The zero-order chi connectivity index (χ0) is 14.2. The normalized spacial score (nSPS) is 18.2. The summed E-state index contributed by atoms with van der Waals surface area (Å²) in [5.74, 6) is -1.76. The highest BCUT2D eigenvalue weighted by molar-refractivity contribution is 5.93. The summed E-state index contributed by atoms with van der Waals surface area (Å²) in [6.07, 6.45) is 3.13. The minimum Gasteiger partial charge on any atom is -0.478 e. The number of ether oxygens (including phenoxy) is 1. The summed E-state index contributed by atoms with van der Waals surface area (Å²) in [6, 6.07) is 0. The minimum absolute atomic E-state index is 0.188. The van der Waals surface area contributed by atoms with Crippen molar-refractivity contribution < 1.29 is 19.4 Å². The van der Waals surface area contributed by atoms with Crippen molar-refractivity contribution in [2.75, 3.05) is 0 Å². The number of carbonyl (C=O) groups is 2. The van der Waals surface area contributed by atoms with E-state index in [0.717, 1.165) is 13.0 Å². The van der Waals surface area contributed by atoms with Crippen LogP contribution in [-0.2, 0) is 16.1 Å². The van der Waals surface area contributed by atoms with Gasteiger partial charge in [-0.25, -0.2) is 4.79 Å². The topological polar surface area (TPSA) is 68.5 Å². The van der Waals surface area contributed by atoms with Gasteiger partial charge in [0.2, 0.25) is 0 Å². The highest BCUT2D eigenvalue weighted by atomic mass is 16.5. The Hall–Kier alpha value is -1.78. The highest BCUT2D eigenvalue weighted by Crippen LogP contribution is 2.34. The van der Waals surface area contributed by atoms with Gasteiger partial charge in [-0.3, -0.25) is 4.79 Å². The van der Waals surface area contributed by atoms with Gasteiger partial charge in [-0.05, 0) is 39.2 Å². The fourth-order valence-corrected chi connectivity index (χ4v) is 2.70. The summed E-state index contributed by atoms with van der Waals surface area (Å²) in [5.41, 5.74) is 1.55. The third kappa shape index (κ3) is 2.50. The van der Waals surface area contributed by atoms with Gasteiger partial charge in [-0.15, -0.1) is 0 Å². The van der Waals surface area contributed by atoms with Crippen LogP contribution in [-0.4, -0.2) is 27.7 Å². The average molecular weight is 265 g/mol. The molecule has 2 heterocycles. The van der Waals surface area contributed by atoms with Crippen LogP contribution < -0.4 is 0 Å². The molecule has 1 aromatic rings. The summed E-state index contributed by atoms with van der Waals surface area (Å²) < 4.78 is 7.13. The van der Waals surface area contributed by atoms with Crippen LogP contribution in [0.2, 0.25) is 0 Å². The number of aryl methyl sites for hydroxylation is 2. The standard InChI is InChI=1S/C14H19NO4/c1-8(2)19-14(18)10-5-4-6-15-7-9(3)11(12(10)15)13(16)17/h7-8,10H,4-6H2,1-3H3,(H,16,17). The quantitative estimate of drug-likeness (QED) is 0.852. The average Bonchev–Trinajstić information content (AvgIpc) is 2.63. The van der Waals surface area contributed by atoms with Crippen LogP contribution in [0.1, 0.15) is 54.2 Å². The maximum Gasteiger partial charge on any atom is 0.337 e. The number of rotatable bonds is 3. The summed E-state index contributed by atoms with van der Waals surface area (Å²) in [6.45, 7) is 6.11. The minimum atomic E-state index is -0.976. The monoisotopic (exact) mass is 265 g/mol. The number of fused-ring (bicyclic) bond motifs is 1. The zero-order valence-corrected chi connectivity index (χ0v) is 11.5. The fourth-order valence-electron chi connectivity index (χ4n) is 2.70. The Morgan fingerprint density at radius 1 is 1.47 bits per heavy atom. The molecule has 0 fully saturated rings. The Kier molecular flexibility index (Phi) is 3.64. The van der Waals surface area contributed by atoms with Gasteiger partial charge >= 0.3 is 11.9 Å². The number of carboxylic acids is 1. The molecule has 0 radical (unpaired) electrons. The Balaban J connectivity index is 2.43. The second-order valence-electron chi connectivity index (χ2n) is 5.25. The van der Waals surface area contributed by atoms with Crippen LogP contribution in [0.4, 0.5) is 0 Å². The van der Waals surface area contributed by atoms with E-state index < -0.39 is 11.9 Å². The van der Waals surface area contributed by atoms with Crippen LogP contribution in [0.15, 0.2) is 6.20 Å². The molecule has 0 spiro atoms. The molecule has 2 rings (SSSR count). The van der Waals surface area contributed by atoms with Crippen LogP contribution >= 0.6 is 0 Å². The molecule has 0 saturated carbocycles. The van der Waals surface area contributed by atoms with Crippen molar-refractivity contribution in [1.82, 2.24) is 4.57 Å². The molecule has 0 aliphatic carbocycles. The molecule has 0 amide bonds. The van der Waals surface area contributed by atoms with Gasteiger partial charge in [0.1, 0.15) is 0 Å². The lowest BCUT2D eigenvalue weighted by Crippen LogP contribution is -2.27. The molecule has 5 heteroatoms. The smallest absolute Gasteiger partial charge is 0.337 e. The molecule has 1 atom stereocenters. The van der Waals surface area contributed by atoms with Gasteiger partial charge in [-0.1, -0.05) is 0 Å². The van der Waals surface area contributed by atoms with Gasteiger partial charge < -0.3 is 14.4 Å². The molecule has 0 saturated heterocycles. The van der Waals surface area contributed by atoms with Crippen LogP contribution in [0.25, 0.3) is 0 Å². The molecule has 1 unspecified atom stereocenters. The molecule has 0 bridgehead atoms. The maximum absolute atomic E-state index is 12.1. The summed E-state index contributed by atoms with van der Waals surface area (Å²) in [4.78, 5) is 23.5. The van der Waals surface area contributed by atoms with Crippen molar-refractivity contribution in [2.45, 2.75) is 52.2 Å². The Labute approximate surface area is 112 Å². The fraction of sp³-hybridized carbons (Fsp3) is 0.571. The van der Waals surface area contributed by atoms with E-state index >= 15 is 0 Å². The van der Waals surface area contributed by atoms with Crippen molar-refractivity contribution in [3.8, 4) is 0 Å². The van der Waals surface area contributed by atoms with Crippen molar-refractivity contribution in [2.24, 2.45) is 0 Å². The Morgan fingerprint density at radius 3 is 2.74 bits per heavy atom. The van der Waals surface area contributed by atoms with Crippen molar-refractivity contribution >= 4 is 11.9 Å². The van der Waals surface area contributed by atoms with E-state index in [9.17, 15) is 14.7 Å². The summed E-state index contributed by atoms with van der Waals surface area (Å²) in [7, 11) is 0. The van der Waals surface area contributed by atoms with E-state index in [2.05, 4.69) is 0 Å². The second kappa shape index (κ2) is 5.07. The number of carboxylic acid groups (broad SMARTS) is 1. The first-order valence-electron chi connectivity index (χ1n) is 6.55. The molecule has 104 valence electrons. The molecular formula is C14H19NO4. The van der Waals surface area contributed by atoms with E-state index in [1.54, 1.807) is 20.8 Å². The molecule has 1 N–H and O–H groups in total. The zero-order valence-electron chi connectivity index (χ0n) is 11.5. The first kappa shape index (κ1) is 13.6. The van der Waals surface area contributed by atoms with Crippen molar-refractivity contribution in [1.29, 1.82) is 0 Å². The second-order valence-corrected chi connectivity index (χ2v) is 5.25. The van der Waals surface area contributed by atoms with Gasteiger partial charge in [0.15, 0.2) is 0 Å². The molecule has 19 heavy (non-hydrogen) atoms. The largest absolute Gasteiger partial charge is 0.478 e. The molecule has 0 aromatic carbocycles. The number of hydrogen-bond acceptors (Lipinski definition) is 3. The summed E-state index contributed by atoms with van der Waals surface area (Å²) in [5, 5.41) is 9.33. The molecular weight excluding hydrogens is 246 g/mol. The number of esters is 1. The van der Waals surface area contributed by atoms with Gasteiger partial charge in [0.25, 0.3) is 0 Å².